The van der Waals surface area contributed by atoms with Crippen molar-refractivity contribution in [2.75, 3.05) is 39.4 Å². The zero-order chi connectivity index (χ0) is 19.9. The third-order valence-corrected chi connectivity index (χ3v) is 4.41. The minimum absolute atomic E-state index is 0. The van der Waals surface area contributed by atoms with Crippen LogP contribution in [0.3, 0.4) is 0 Å². The predicted molar refractivity (Wildman–Crippen MR) is 119 cm³/mol. The largest absolute Gasteiger partial charge is 0.379 e. The Balaban J connectivity index is 0.00000225. The van der Waals surface area contributed by atoms with Gasteiger partial charge in [0, 0.05) is 55.4 Å². The van der Waals surface area contributed by atoms with Crippen molar-refractivity contribution in [3.8, 4) is 5.69 Å². The SMILES string of the molecule is Cl.Cl.N=C(N)NC(=O)c1cc(C(=O)NCCN2CCOCC2)cc(-n2cccc2)c1. The van der Waals surface area contributed by atoms with Gasteiger partial charge in [0.15, 0.2) is 5.96 Å². The molecule has 1 aliphatic rings. The number of nitrogens with two attached hydrogens (primary N) is 1. The smallest absolute Gasteiger partial charge is 0.258 e. The van der Waals surface area contributed by atoms with Crippen molar-refractivity contribution in [1.82, 2.24) is 20.1 Å². The fourth-order valence-electron chi connectivity index (χ4n) is 2.98. The molecule has 3 rings (SSSR count). The molecular weight excluding hydrogens is 431 g/mol. The molecule has 2 amide bonds. The van der Waals surface area contributed by atoms with Crippen LogP contribution in [0, 0.1) is 5.41 Å². The van der Waals surface area contributed by atoms with Gasteiger partial charge in [0.05, 0.1) is 13.2 Å². The highest BCUT2D eigenvalue weighted by Gasteiger charge is 2.15. The standard InChI is InChI=1S/C19H24N6O3.2ClH/c20-19(21)23-18(27)15-11-14(12-16(13-15)25-4-1-2-5-25)17(26)22-3-6-24-7-9-28-10-8-24;;/h1-2,4-5,11-13H,3,6-10H2,(H,22,26)(H4,20,21,23,27);2*1H. The van der Waals surface area contributed by atoms with Gasteiger partial charge in [0.25, 0.3) is 11.8 Å². The van der Waals surface area contributed by atoms with E-state index < -0.39 is 11.9 Å². The molecule has 1 aromatic carbocycles. The van der Waals surface area contributed by atoms with Crippen LogP contribution >= 0.6 is 24.8 Å². The number of nitrogens with one attached hydrogen (secondary N) is 3. The van der Waals surface area contributed by atoms with Gasteiger partial charge in [-0.15, -0.1) is 24.8 Å². The Labute approximate surface area is 187 Å². The highest BCUT2D eigenvalue weighted by Crippen LogP contribution is 2.15. The summed E-state index contributed by atoms with van der Waals surface area (Å²) in [6, 6.07) is 8.56. The number of hydrogen-bond donors (Lipinski definition) is 4. The third-order valence-electron chi connectivity index (χ3n) is 4.41. The minimum Gasteiger partial charge on any atom is -0.379 e. The maximum atomic E-state index is 12.6. The third kappa shape index (κ3) is 7.03. The second-order valence-corrected chi connectivity index (χ2v) is 6.44. The van der Waals surface area contributed by atoms with Gasteiger partial charge in [-0.05, 0) is 30.3 Å². The van der Waals surface area contributed by atoms with Crippen molar-refractivity contribution in [3.63, 3.8) is 0 Å². The monoisotopic (exact) mass is 456 g/mol. The first-order valence-corrected chi connectivity index (χ1v) is 9.05. The summed E-state index contributed by atoms with van der Waals surface area (Å²) < 4.78 is 7.12. The number of rotatable bonds is 6. The Hall–Kier alpha value is -2.59. The molecule has 11 heteroatoms. The average molecular weight is 457 g/mol. The summed E-state index contributed by atoms with van der Waals surface area (Å²) in [5.41, 5.74) is 6.53. The molecule has 0 unspecified atom stereocenters. The van der Waals surface area contributed by atoms with E-state index in [1.165, 1.54) is 6.07 Å². The van der Waals surface area contributed by atoms with Gasteiger partial charge in [-0.3, -0.25) is 25.2 Å². The normalized spacial score (nSPS) is 13.5. The first-order valence-electron chi connectivity index (χ1n) is 9.05. The van der Waals surface area contributed by atoms with Crippen molar-refractivity contribution in [1.29, 1.82) is 5.41 Å². The molecule has 0 spiro atoms. The molecule has 0 radical (unpaired) electrons. The zero-order valence-corrected chi connectivity index (χ0v) is 17.9. The predicted octanol–water partition coefficient (Wildman–Crippen LogP) is 1.01. The fourth-order valence-corrected chi connectivity index (χ4v) is 2.98. The molecule has 2 heterocycles. The number of ether oxygens (including phenoxy) is 1. The molecule has 0 bridgehead atoms. The first-order chi connectivity index (χ1) is 13.5. The van der Waals surface area contributed by atoms with E-state index in [1.54, 1.807) is 16.7 Å². The lowest BCUT2D eigenvalue weighted by Crippen LogP contribution is -2.41. The second-order valence-electron chi connectivity index (χ2n) is 6.44. The molecule has 2 aromatic rings. The van der Waals surface area contributed by atoms with Crippen molar-refractivity contribution in [3.05, 3.63) is 53.9 Å². The van der Waals surface area contributed by atoms with Gasteiger partial charge >= 0.3 is 0 Å². The van der Waals surface area contributed by atoms with Gasteiger partial charge in [-0.1, -0.05) is 0 Å². The van der Waals surface area contributed by atoms with Crippen LogP contribution in [0.5, 0.6) is 0 Å². The van der Waals surface area contributed by atoms with Crippen LogP contribution in [0.1, 0.15) is 20.7 Å². The summed E-state index contributed by atoms with van der Waals surface area (Å²) in [4.78, 5) is 27.2. The number of halogens is 2. The van der Waals surface area contributed by atoms with Crippen molar-refractivity contribution >= 4 is 42.6 Å². The number of nitrogens with zero attached hydrogens (tertiary/aromatic N) is 2. The van der Waals surface area contributed by atoms with E-state index in [9.17, 15) is 9.59 Å². The number of carbonyl (C=O) groups excluding carboxylic acids is 2. The maximum Gasteiger partial charge on any atom is 0.258 e. The number of morpholine rings is 1. The molecule has 0 saturated carbocycles. The van der Waals surface area contributed by atoms with E-state index in [-0.39, 0.29) is 36.3 Å². The summed E-state index contributed by atoms with van der Waals surface area (Å²) in [6.07, 6.45) is 3.64. The van der Waals surface area contributed by atoms with Gasteiger partial charge in [0.2, 0.25) is 0 Å². The number of guanidine groups is 1. The van der Waals surface area contributed by atoms with E-state index in [1.807, 2.05) is 24.5 Å². The highest BCUT2D eigenvalue weighted by atomic mass is 35.5. The molecule has 0 atom stereocenters. The second kappa shape index (κ2) is 12.2. The van der Waals surface area contributed by atoms with Crippen molar-refractivity contribution < 1.29 is 14.3 Å². The summed E-state index contributed by atoms with van der Waals surface area (Å²) in [5.74, 6) is -1.25. The van der Waals surface area contributed by atoms with Crippen molar-refractivity contribution in [2.45, 2.75) is 0 Å². The Kier molecular flexibility index (Phi) is 10.3. The van der Waals surface area contributed by atoms with Crippen LogP contribution in [0.2, 0.25) is 0 Å². The lowest BCUT2D eigenvalue weighted by atomic mass is 10.1. The molecule has 164 valence electrons. The number of benzene rings is 1. The van der Waals surface area contributed by atoms with E-state index in [2.05, 4.69) is 15.5 Å². The van der Waals surface area contributed by atoms with Gasteiger partial charge in [-0.2, -0.15) is 0 Å². The Morgan fingerprint density at radius 2 is 1.63 bits per heavy atom. The molecule has 1 fully saturated rings. The molecule has 1 saturated heterocycles. The number of amides is 2. The molecule has 1 aliphatic heterocycles. The number of carbonyl (C=O) groups is 2. The average Bonchev–Trinajstić information content (AvgIpc) is 3.23. The quantitative estimate of drug-likeness (QED) is 0.381. The van der Waals surface area contributed by atoms with E-state index in [0.29, 0.717) is 31.0 Å². The van der Waals surface area contributed by atoms with Crippen LogP contribution in [-0.2, 0) is 4.74 Å². The van der Waals surface area contributed by atoms with E-state index in [4.69, 9.17) is 15.9 Å². The molecule has 30 heavy (non-hydrogen) atoms. The van der Waals surface area contributed by atoms with Crippen LogP contribution in [0.25, 0.3) is 5.69 Å². The minimum atomic E-state index is -0.538. The molecule has 9 nitrogen and oxygen atoms in total. The molecule has 5 N–H and O–H groups in total. The van der Waals surface area contributed by atoms with Gasteiger partial charge < -0.3 is 20.4 Å². The van der Waals surface area contributed by atoms with Gasteiger partial charge in [0.1, 0.15) is 0 Å². The summed E-state index contributed by atoms with van der Waals surface area (Å²) in [7, 11) is 0. The number of aromatic nitrogens is 1. The van der Waals surface area contributed by atoms with Crippen LogP contribution < -0.4 is 16.4 Å². The molecule has 1 aromatic heterocycles. The van der Waals surface area contributed by atoms with Crippen LogP contribution in [0.4, 0.5) is 0 Å². The molecular formula is C19H26Cl2N6O3. The fraction of sp³-hybridized carbons (Fsp3) is 0.316. The Morgan fingerprint density at radius 1 is 1.03 bits per heavy atom. The zero-order valence-electron chi connectivity index (χ0n) is 16.3. The van der Waals surface area contributed by atoms with E-state index >= 15 is 0 Å². The van der Waals surface area contributed by atoms with Crippen LogP contribution in [0.15, 0.2) is 42.7 Å². The van der Waals surface area contributed by atoms with Crippen molar-refractivity contribution in [2.24, 2.45) is 5.73 Å². The number of hydrogen-bond acceptors (Lipinski definition) is 5. The summed E-state index contributed by atoms with van der Waals surface area (Å²) >= 11 is 0. The first kappa shape index (κ1) is 25.4. The Bertz CT molecular complexity index is 854. The summed E-state index contributed by atoms with van der Waals surface area (Å²) in [5, 5.41) is 12.4. The lowest BCUT2D eigenvalue weighted by molar-refractivity contribution is 0.0383. The maximum absolute atomic E-state index is 12.6. The van der Waals surface area contributed by atoms with Gasteiger partial charge in [-0.25, -0.2) is 0 Å². The topological polar surface area (TPSA) is 125 Å². The van der Waals surface area contributed by atoms with Crippen LogP contribution in [-0.4, -0.2) is 66.6 Å². The Morgan fingerprint density at radius 3 is 2.23 bits per heavy atom. The molecule has 0 aliphatic carbocycles. The van der Waals surface area contributed by atoms with E-state index in [0.717, 1.165) is 19.6 Å². The summed E-state index contributed by atoms with van der Waals surface area (Å²) in [6.45, 7) is 4.37. The lowest BCUT2D eigenvalue weighted by Gasteiger charge is -2.26. The highest BCUT2D eigenvalue weighted by molar-refractivity contribution is 6.06.